The fraction of sp³-hybridized carbons (Fsp3) is 0.143. The SMILES string of the molecule is Cc1ccccc1C1C(C(=O)c2ccccc2)=CN(CCO)C=C1C(=O)c1ccccc1. The average molecular weight is 424 g/mol. The normalized spacial score (nSPS) is 14.0. The number of carbonyl (C=O) groups is 2. The summed E-state index contributed by atoms with van der Waals surface area (Å²) in [6.45, 7) is 2.18. The zero-order valence-corrected chi connectivity index (χ0v) is 17.9. The summed E-state index contributed by atoms with van der Waals surface area (Å²) in [6, 6.07) is 26.0. The van der Waals surface area contributed by atoms with Crippen LogP contribution in [0, 0.1) is 6.92 Å². The van der Waals surface area contributed by atoms with E-state index in [4.69, 9.17) is 0 Å². The minimum atomic E-state index is -0.508. The molecule has 1 N–H and O–H groups in total. The van der Waals surface area contributed by atoms with E-state index in [0.717, 1.165) is 11.1 Å². The number of aliphatic hydroxyl groups is 1. The molecule has 1 aliphatic rings. The minimum absolute atomic E-state index is 0.0956. The molecule has 0 spiro atoms. The van der Waals surface area contributed by atoms with Crippen molar-refractivity contribution in [1.82, 2.24) is 4.90 Å². The van der Waals surface area contributed by atoms with Gasteiger partial charge < -0.3 is 10.0 Å². The van der Waals surface area contributed by atoms with E-state index < -0.39 is 5.92 Å². The summed E-state index contributed by atoms with van der Waals surface area (Å²) in [4.78, 5) is 29.0. The first-order valence-electron chi connectivity index (χ1n) is 10.6. The molecule has 0 radical (unpaired) electrons. The van der Waals surface area contributed by atoms with Gasteiger partial charge in [0.2, 0.25) is 0 Å². The number of allylic oxidation sites excluding steroid dienone is 2. The molecular weight excluding hydrogens is 398 g/mol. The molecule has 0 aromatic heterocycles. The Labute approximate surface area is 188 Å². The molecule has 1 heterocycles. The number of hydrogen-bond donors (Lipinski definition) is 1. The van der Waals surface area contributed by atoms with E-state index in [1.165, 1.54) is 0 Å². The lowest BCUT2D eigenvalue weighted by atomic mass is 9.76. The quantitative estimate of drug-likeness (QED) is 0.548. The summed E-state index contributed by atoms with van der Waals surface area (Å²) in [5.41, 5.74) is 4.08. The lowest BCUT2D eigenvalue weighted by Gasteiger charge is -2.32. The summed E-state index contributed by atoms with van der Waals surface area (Å²) in [7, 11) is 0. The first-order chi connectivity index (χ1) is 15.6. The number of nitrogens with zero attached hydrogens (tertiary/aromatic N) is 1. The van der Waals surface area contributed by atoms with Crippen molar-refractivity contribution in [2.45, 2.75) is 12.8 Å². The van der Waals surface area contributed by atoms with Crippen LogP contribution in [0.1, 0.15) is 37.8 Å². The number of aliphatic hydroxyl groups excluding tert-OH is 1. The number of ketones is 2. The van der Waals surface area contributed by atoms with Crippen LogP contribution in [0.15, 0.2) is 108 Å². The maximum Gasteiger partial charge on any atom is 0.191 e. The maximum atomic E-state index is 13.7. The Morgan fingerprint density at radius 2 is 1.22 bits per heavy atom. The van der Waals surface area contributed by atoms with Gasteiger partial charge in [0.1, 0.15) is 0 Å². The molecule has 3 aromatic rings. The van der Waals surface area contributed by atoms with Crippen molar-refractivity contribution in [3.05, 3.63) is 131 Å². The fourth-order valence-electron chi connectivity index (χ4n) is 4.09. The van der Waals surface area contributed by atoms with E-state index in [1.807, 2.05) is 67.6 Å². The molecule has 4 heteroatoms. The van der Waals surface area contributed by atoms with Gasteiger partial charge >= 0.3 is 0 Å². The number of hydrogen-bond acceptors (Lipinski definition) is 4. The van der Waals surface area contributed by atoms with Crippen LogP contribution in [0.25, 0.3) is 0 Å². The van der Waals surface area contributed by atoms with Gasteiger partial charge in [-0.3, -0.25) is 9.59 Å². The molecule has 0 bridgehead atoms. The summed E-state index contributed by atoms with van der Waals surface area (Å²) < 4.78 is 0. The second-order valence-corrected chi connectivity index (χ2v) is 7.81. The second kappa shape index (κ2) is 9.58. The van der Waals surface area contributed by atoms with Crippen molar-refractivity contribution in [3.8, 4) is 0 Å². The molecule has 0 aliphatic carbocycles. The van der Waals surface area contributed by atoms with Gasteiger partial charge in [-0.25, -0.2) is 0 Å². The van der Waals surface area contributed by atoms with E-state index >= 15 is 0 Å². The molecule has 4 rings (SSSR count). The van der Waals surface area contributed by atoms with Crippen molar-refractivity contribution in [2.75, 3.05) is 13.2 Å². The largest absolute Gasteiger partial charge is 0.395 e. The smallest absolute Gasteiger partial charge is 0.191 e. The molecule has 0 amide bonds. The summed E-state index contributed by atoms with van der Waals surface area (Å²) in [5, 5.41) is 9.56. The zero-order valence-electron chi connectivity index (χ0n) is 17.9. The summed E-state index contributed by atoms with van der Waals surface area (Å²) >= 11 is 0. The van der Waals surface area contributed by atoms with Crippen molar-refractivity contribution in [1.29, 1.82) is 0 Å². The van der Waals surface area contributed by atoms with E-state index in [9.17, 15) is 14.7 Å². The molecule has 160 valence electrons. The highest BCUT2D eigenvalue weighted by Crippen LogP contribution is 2.40. The first-order valence-corrected chi connectivity index (χ1v) is 10.6. The number of rotatable bonds is 7. The molecule has 0 atom stereocenters. The maximum absolute atomic E-state index is 13.7. The monoisotopic (exact) mass is 423 g/mol. The lowest BCUT2D eigenvalue weighted by molar-refractivity contribution is 0.101. The van der Waals surface area contributed by atoms with Crippen molar-refractivity contribution in [3.63, 3.8) is 0 Å². The van der Waals surface area contributed by atoms with Crippen LogP contribution in [0.3, 0.4) is 0 Å². The fourth-order valence-corrected chi connectivity index (χ4v) is 4.09. The average Bonchev–Trinajstić information content (AvgIpc) is 2.84. The standard InChI is InChI=1S/C28H25NO3/c1-20-10-8-9-15-23(20)26-24(27(31)21-11-4-2-5-12-21)18-29(16-17-30)19-25(26)28(32)22-13-6-3-7-14-22/h2-15,18-19,26,30H,16-17H2,1H3. The Morgan fingerprint density at radius 1 is 0.750 bits per heavy atom. The molecule has 0 unspecified atom stereocenters. The van der Waals surface area contributed by atoms with E-state index in [-0.39, 0.29) is 24.7 Å². The molecular formula is C28H25NO3. The highest BCUT2D eigenvalue weighted by molar-refractivity contribution is 6.15. The minimum Gasteiger partial charge on any atom is -0.395 e. The Morgan fingerprint density at radius 3 is 1.69 bits per heavy atom. The van der Waals surface area contributed by atoms with Crippen LogP contribution in [0.2, 0.25) is 0 Å². The van der Waals surface area contributed by atoms with Crippen LogP contribution in [0.4, 0.5) is 0 Å². The van der Waals surface area contributed by atoms with E-state index in [0.29, 0.717) is 22.3 Å². The topological polar surface area (TPSA) is 57.6 Å². The first kappa shape index (κ1) is 21.5. The molecule has 0 fully saturated rings. The van der Waals surface area contributed by atoms with Gasteiger partial charge in [0.05, 0.1) is 6.61 Å². The Balaban J connectivity index is 1.89. The molecule has 32 heavy (non-hydrogen) atoms. The van der Waals surface area contributed by atoms with Crippen LogP contribution in [-0.2, 0) is 0 Å². The lowest BCUT2D eigenvalue weighted by Crippen LogP contribution is -2.29. The van der Waals surface area contributed by atoms with Gasteiger partial charge in [0, 0.05) is 47.1 Å². The van der Waals surface area contributed by atoms with E-state index in [2.05, 4.69) is 0 Å². The van der Waals surface area contributed by atoms with Crippen molar-refractivity contribution in [2.24, 2.45) is 0 Å². The Bertz CT molecular complexity index is 1110. The van der Waals surface area contributed by atoms with Crippen molar-refractivity contribution >= 4 is 11.6 Å². The van der Waals surface area contributed by atoms with Crippen LogP contribution in [-0.4, -0.2) is 34.7 Å². The van der Waals surface area contributed by atoms with Gasteiger partial charge in [-0.15, -0.1) is 0 Å². The third kappa shape index (κ3) is 4.32. The second-order valence-electron chi connectivity index (χ2n) is 7.81. The highest BCUT2D eigenvalue weighted by atomic mass is 16.3. The number of β-amino-alcohol motifs (C(OH)–C–C–N with tert-alkyl or cyclic N) is 1. The van der Waals surface area contributed by atoms with Gasteiger partial charge in [-0.2, -0.15) is 0 Å². The molecule has 0 saturated carbocycles. The number of benzene rings is 3. The third-order valence-corrected chi connectivity index (χ3v) is 5.69. The molecule has 3 aromatic carbocycles. The van der Waals surface area contributed by atoms with Gasteiger partial charge in [-0.1, -0.05) is 84.9 Å². The summed E-state index contributed by atoms with van der Waals surface area (Å²) in [5.74, 6) is -0.770. The number of Topliss-reactive ketones (excluding diaryl/α,β-unsaturated/α-hetero) is 2. The van der Waals surface area contributed by atoms with Gasteiger partial charge in [0.25, 0.3) is 0 Å². The third-order valence-electron chi connectivity index (χ3n) is 5.69. The molecule has 0 saturated heterocycles. The molecule has 1 aliphatic heterocycles. The van der Waals surface area contributed by atoms with Gasteiger partial charge in [0.15, 0.2) is 11.6 Å². The van der Waals surface area contributed by atoms with Crippen LogP contribution in [0.5, 0.6) is 0 Å². The highest BCUT2D eigenvalue weighted by Gasteiger charge is 2.35. The molecule has 4 nitrogen and oxygen atoms in total. The zero-order chi connectivity index (χ0) is 22.5. The van der Waals surface area contributed by atoms with Crippen LogP contribution >= 0.6 is 0 Å². The summed E-state index contributed by atoms with van der Waals surface area (Å²) in [6.07, 6.45) is 3.54. The van der Waals surface area contributed by atoms with Crippen molar-refractivity contribution < 1.29 is 14.7 Å². The Hall–Kier alpha value is -3.76. The Kier molecular flexibility index (Phi) is 6.43. The van der Waals surface area contributed by atoms with Gasteiger partial charge in [-0.05, 0) is 18.1 Å². The van der Waals surface area contributed by atoms with E-state index in [1.54, 1.807) is 41.6 Å². The number of carbonyl (C=O) groups excluding carboxylic acids is 2. The predicted octanol–water partition coefficient (Wildman–Crippen LogP) is 4.92. The van der Waals surface area contributed by atoms with Crippen LogP contribution < -0.4 is 0 Å². The predicted molar refractivity (Wildman–Crippen MR) is 125 cm³/mol. The number of aryl methyl sites for hydroxylation is 1.